The Hall–Kier alpha value is -1.64. The lowest BCUT2D eigenvalue weighted by molar-refractivity contribution is -0.138. The third kappa shape index (κ3) is 3.27. The molecule has 0 aliphatic carbocycles. The maximum atomic E-state index is 12.4. The van der Waals surface area contributed by atoms with Crippen molar-refractivity contribution in [2.75, 3.05) is 14.1 Å². The monoisotopic (exact) mass is 310 g/mol. The molecule has 1 amide bonds. The van der Waals surface area contributed by atoms with Gasteiger partial charge in [0.1, 0.15) is 5.25 Å². The van der Waals surface area contributed by atoms with E-state index in [2.05, 4.69) is 4.98 Å². The Morgan fingerprint density at radius 1 is 1.30 bits per heavy atom. The van der Waals surface area contributed by atoms with Gasteiger partial charge in [0.25, 0.3) is 0 Å². The smallest absolute Gasteiger partial charge is 0.348 e. The van der Waals surface area contributed by atoms with Gasteiger partial charge in [0.2, 0.25) is 15.7 Å². The maximum Gasteiger partial charge on any atom is 0.417 e. The van der Waals surface area contributed by atoms with Crippen molar-refractivity contribution in [1.82, 2.24) is 9.88 Å². The van der Waals surface area contributed by atoms with Crippen molar-refractivity contribution in [3.05, 3.63) is 23.9 Å². The molecule has 0 radical (unpaired) electrons. The second kappa shape index (κ2) is 5.39. The first-order valence-electron chi connectivity index (χ1n) is 5.46. The Labute approximate surface area is 114 Å². The number of nitrogens with zero attached hydrogens (tertiary/aromatic N) is 2. The average Bonchev–Trinajstić information content (AvgIpc) is 2.35. The van der Waals surface area contributed by atoms with Crippen LogP contribution in [0.3, 0.4) is 0 Å². The summed E-state index contributed by atoms with van der Waals surface area (Å²) >= 11 is 0. The van der Waals surface area contributed by atoms with E-state index in [-0.39, 0.29) is 0 Å². The first-order chi connectivity index (χ1) is 8.98. The molecule has 1 aromatic heterocycles. The molecule has 1 aromatic rings. The van der Waals surface area contributed by atoms with E-state index >= 15 is 0 Å². The SMILES string of the molecule is CC(C(=O)N(C)C)S(=O)(=O)c1ccc(C(F)(F)F)cn1. The summed E-state index contributed by atoms with van der Waals surface area (Å²) in [6, 6.07) is 1.37. The molecule has 0 fully saturated rings. The number of alkyl halides is 3. The largest absolute Gasteiger partial charge is 0.417 e. The van der Waals surface area contributed by atoms with Crippen molar-refractivity contribution < 1.29 is 26.4 Å². The first kappa shape index (κ1) is 16.4. The van der Waals surface area contributed by atoms with Crippen LogP contribution in [0.1, 0.15) is 12.5 Å². The fraction of sp³-hybridized carbons (Fsp3) is 0.455. The lowest BCUT2D eigenvalue weighted by atomic mass is 10.3. The number of pyridine rings is 1. The summed E-state index contributed by atoms with van der Waals surface area (Å²) in [5.74, 6) is -0.674. The standard InChI is InChI=1S/C11H13F3N2O3S/c1-7(10(17)16(2)3)20(18,19)9-5-4-8(6-15-9)11(12,13)14/h4-7H,1-3H3. The molecule has 1 heterocycles. The van der Waals surface area contributed by atoms with Crippen molar-refractivity contribution in [3.63, 3.8) is 0 Å². The summed E-state index contributed by atoms with van der Waals surface area (Å²) in [6.45, 7) is 1.16. The summed E-state index contributed by atoms with van der Waals surface area (Å²) in [5, 5.41) is -1.98. The zero-order chi connectivity index (χ0) is 15.7. The number of amides is 1. The fourth-order valence-electron chi connectivity index (χ4n) is 1.39. The predicted octanol–water partition coefficient (Wildman–Crippen LogP) is 1.35. The van der Waals surface area contributed by atoms with Gasteiger partial charge >= 0.3 is 6.18 Å². The Balaban J connectivity index is 3.14. The molecular formula is C11H13F3N2O3S. The van der Waals surface area contributed by atoms with Crippen molar-refractivity contribution in [2.45, 2.75) is 23.4 Å². The van der Waals surface area contributed by atoms with Crippen LogP contribution in [0.4, 0.5) is 13.2 Å². The third-order valence-electron chi connectivity index (χ3n) is 2.61. The number of rotatable bonds is 3. The van der Waals surface area contributed by atoms with Gasteiger partial charge in [-0.3, -0.25) is 4.79 Å². The Morgan fingerprint density at radius 3 is 2.20 bits per heavy atom. The normalized spacial score (nSPS) is 13.9. The van der Waals surface area contributed by atoms with Crippen molar-refractivity contribution in [2.24, 2.45) is 0 Å². The molecule has 0 aliphatic heterocycles. The molecule has 0 spiro atoms. The minimum absolute atomic E-state index is 0.430. The van der Waals surface area contributed by atoms with Gasteiger partial charge in [-0.2, -0.15) is 13.2 Å². The fourth-order valence-corrected chi connectivity index (χ4v) is 2.69. The van der Waals surface area contributed by atoms with Crippen LogP contribution in [-0.2, 0) is 20.8 Å². The molecule has 0 bridgehead atoms. The van der Waals surface area contributed by atoms with Gasteiger partial charge in [0.15, 0.2) is 5.03 Å². The van der Waals surface area contributed by atoms with Gasteiger partial charge in [0.05, 0.1) is 5.56 Å². The third-order valence-corrected chi connectivity index (χ3v) is 4.57. The first-order valence-corrected chi connectivity index (χ1v) is 7.01. The Kier molecular flexibility index (Phi) is 4.42. The molecule has 1 unspecified atom stereocenters. The zero-order valence-electron chi connectivity index (χ0n) is 11.0. The van der Waals surface area contributed by atoms with E-state index in [0.717, 1.165) is 17.9 Å². The topological polar surface area (TPSA) is 67.3 Å². The van der Waals surface area contributed by atoms with Crippen LogP contribution < -0.4 is 0 Å². The van der Waals surface area contributed by atoms with E-state index in [1.807, 2.05) is 0 Å². The second-order valence-corrected chi connectivity index (χ2v) is 6.52. The molecule has 0 saturated carbocycles. The number of hydrogen-bond donors (Lipinski definition) is 0. The van der Waals surface area contributed by atoms with Crippen LogP contribution in [0.15, 0.2) is 23.4 Å². The highest BCUT2D eigenvalue weighted by atomic mass is 32.2. The van der Waals surface area contributed by atoms with Crippen LogP contribution in [0.2, 0.25) is 0 Å². The maximum absolute atomic E-state index is 12.4. The van der Waals surface area contributed by atoms with Gasteiger partial charge in [-0.1, -0.05) is 0 Å². The van der Waals surface area contributed by atoms with Gasteiger partial charge in [-0.15, -0.1) is 0 Å². The Morgan fingerprint density at radius 2 is 1.85 bits per heavy atom. The molecule has 9 heteroatoms. The quantitative estimate of drug-likeness (QED) is 0.845. The van der Waals surface area contributed by atoms with E-state index < -0.39 is 37.8 Å². The number of carbonyl (C=O) groups excluding carboxylic acids is 1. The highest BCUT2D eigenvalue weighted by Crippen LogP contribution is 2.29. The molecule has 0 N–H and O–H groups in total. The number of sulfone groups is 1. The van der Waals surface area contributed by atoms with Crippen molar-refractivity contribution in [3.8, 4) is 0 Å². The van der Waals surface area contributed by atoms with E-state index in [0.29, 0.717) is 12.3 Å². The summed E-state index contributed by atoms with van der Waals surface area (Å²) in [5.41, 5.74) is -1.05. The summed E-state index contributed by atoms with van der Waals surface area (Å²) < 4.78 is 61.2. The lowest BCUT2D eigenvalue weighted by Crippen LogP contribution is -2.37. The number of aromatic nitrogens is 1. The summed E-state index contributed by atoms with van der Waals surface area (Å²) in [6.07, 6.45) is -4.17. The molecule has 0 aromatic carbocycles. The zero-order valence-corrected chi connectivity index (χ0v) is 11.8. The minimum Gasteiger partial charge on any atom is -0.348 e. The van der Waals surface area contributed by atoms with Gasteiger partial charge in [-0.25, -0.2) is 13.4 Å². The van der Waals surface area contributed by atoms with Crippen LogP contribution in [0, 0.1) is 0 Å². The Bertz CT molecular complexity index is 594. The molecular weight excluding hydrogens is 297 g/mol. The van der Waals surface area contributed by atoms with Crippen molar-refractivity contribution >= 4 is 15.7 Å². The molecule has 0 aliphatic rings. The van der Waals surface area contributed by atoms with E-state index in [1.165, 1.54) is 14.1 Å². The molecule has 112 valence electrons. The molecule has 1 atom stereocenters. The summed E-state index contributed by atoms with van der Waals surface area (Å²) in [7, 11) is -1.35. The molecule has 5 nitrogen and oxygen atoms in total. The van der Waals surface area contributed by atoms with Crippen LogP contribution in [-0.4, -0.2) is 43.6 Å². The lowest BCUT2D eigenvalue weighted by Gasteiger charge is -2.17. The second-order valence-electron chi connectivity index (χ2n) is 4.30. The van der Waals surface area contributed by atoms with E-state index in [1.54, 1.807) is 0 Å². The molecule has 20 heavy (non-hydrogen) atoms. The minimum atomic E-state index is -4.60. The van der Waals surface area contributed by atoms with Gasteiger partial charge in [-0.05, 0) is 19.1 Å². The van der Waals surface area contributed by atoms with Crippen molar-refractivity contribution in [1.29, 1.82) is 0 Å². The highest BCUT2D eigenvalue weighted by Gasteiger charge is 2.34. The van der Waals surface area contributed by atoms with Crippen LogP contribution >= 0.6 is 0 Å². The molecule has 1 rings (SSSR count). The number of halogens is 3. The van der Waals surface area contributed by atoms with E-state index in [9.17, 15) is 26.4 Å². The number of carbonyl (C=O) groups is 1. The van der Waals surface area contributed by atoms with Crippen LogP contribution in [0.5, 0.6) is 0 Å². The van der Waals surface area contributed by atoms with Gasteiger partial charge in [0, 0.05) is 20.3 Å². The van der Waals surface area contributed by atoms with Crippen LogP contribution in [0.25, 0.3) is 0 Å². The van der Waals surface area contributed by atoms with E-state index in [4.69, 9.17) is 0 Å². The summed E-state index contributed by atoms with van der Waals surface area (Å²) in [4.78, 5) is 16.0. The van der Waals surface area contributed by atoms with Gasteiger partial charge < -0.3 is 4.90 Å². The molecule has 0 saturated heterocycles. The number of hydrogen-bond acceptors (Lipinski definition) is 4. The average molecular weight is 310 g/mol. The highest BCUT2D eigenvalue weighted by molar-refractivity contribution is 7.92. The predicted molar refractivity (Wildman–Crippen MR) is 64.6 cm³/mol.